The first-order valence-electron chi connectivity index (χ1n) is 8.59. The highest BCUT2D eigenvalue weighted by molar-refractivity contribution is 5.73. The Kier molecular flexibility index (Phi) is 4.81. The molecule has 1 atom stereocenters. The van der Waals surface area contributed by atoms with Crippen molar-refractivity contribution in [3.05, 3.63) is 17.8 Å². The minimum Gasteiger partial charge on any atom is -0.444 e. The maximum absolute atomic E-state index is 12.0. The van der Waals surface area contributed by atoms with Crippen molar-refractivity contribution in [3.63, 3.8) is 0 Å². The van der Waals surface area contributed by atoms with Crippen LogP contribution < -0.4 is 0 Å². The molecule has 2 aliphatic rings. The van der Waals surface area contributed by atoms with Crippen LogP contribution in [0.5, 0.6) is 0 Å². The van der Waals surface area contributed by atoms with Crippen LogP contribution in [0.4, 0.5) is 0 Å². The molecule has 1 saturated carbocycles. The SMILES string of the molecule is CCc1cnc(CN(C(C)=O)[C@@H]2CCN(CC3CCC3)C2)o1. The zero-order valence-electron chi connectivity index (χ0n) is 13.8. The van der Waals surface area contributed by atoms with E-state index in [0.29, 0.717) is 18.5 Å². The molecule has 5 nitrogen and oxygen atoms in total. The molecule has 0 radical (unpaired) electrons. The molecule has 0 N–H and O–H groups in total. The van der Waals surface area contributed by atoms with E-state index in [0.717, 1.165) is 37.6 Å². The molecule has 0 aromatic carbocycles. The topological polar surface area (TPSA) is 49.6 Å². The first-order valence-corrected chi connectivity index (χ1v) is 8.59. The van der Waals surface area contributed by atoms with Crippen LogP contribution in [0.1, 0.15) is 51.2 Å². The number of amides is 1. The van der Waals surface area contributed by atoms with Crippen LogP contribution in [0.25, 0.3) is 0 Å². The molecule has 0 spiro atoms. The van der Waals surface area contributed by atoms with Crippen molar-refractivity contribution in [2.75, 3.05) is 19.6 Å². The molecule has 1 aromatic heterocycles. The lowest BCUT2D eigenvalue weighted by atomic mass is 9.85. The van der Waals surface area contributed by atoms with Crippen LogP contribution in [0.2, 0.25) is 0 Å². The van der Waals surface area contributed by atoms with E-state index in [4.69, 9.17) is 4.42 Å². The van der Waals surface area contributed by atoms with Crippen molar-refractivity contribution in [1.29, 1.82) is 0 Å². The van der Waals surface area contributed by atoms with Gasteiger partial charge in [0, 0.05) is 39.0 Å². The van der Waals surface area contributed by atoms with Gasteiger partial charge in [-0.05, 0) is 25.2 Å². The van der Waals surface area contributed by atoms with E-state index < -0.39 is 0 Å². The quantitative estimate of drug-likeness (QED) is 0.810. The summed E-state index contributed by atoms with van der Waals surface area (Å²) >= 11 is 0. The smallest absolute Gasteiger partial charge is 0.220 e. The Labute approximate surface area is 132 Å². The van der Waals surface area contributed by atoms with E-state index in [9.17, 15) is 4.79 Å². The summed E-state index contributed by atoms with van der Waals surface area (Å²) in [5, 5.41) is 0. The largest absolute Gasteiger partial charge is 0.444 e. The van der Waals surface area contributed by atoms with Gasteiger partial charge in [0.15, 0.2) is 0 Å². The average Bonchev–Trinajstić information content (AvgIpc) is 3.09. The number of oxazole rings is 1. The molecule has 1 saturated heterocycles. The summed E-state index contributed by atoms with van der Waals surface area (Å²) in [7, 11) is 0. The second kappa shape index (κ2) is 6.82. The van der Waals surface area contributed by atoms with E-state index in [1.807, 2.05) is 11.8 Å². The number of rotatable bonds is 6. The van der Waals surface area contributed by atoms with Gasteiger partial charge in [0.1, 0.15) is 5.76 Å². The first-order chi connectivity index (χ1) is 10.7. The van der Waals surface area contributed by atoms with E-state index in [1.165, 1.54) is 25.8 Å². The van der Waals surface area contributed by atoms with Gasteiger partial charge in [0.05, 0.1) is 12.7 Å². The monoisotopic (exact) mass is 305 g/mol. The van der Waals surface area contributed by atoms with Crippen molar-refractivity contribution in [3.8, 4) is 0 Å². The highest BCUT2D eigenvalue weighted by Gasteiger charge is 2.32. The Morgan fingerprint density at radius 2 is 2.27 bits per heavy atom. The third kappa shape index (κ3) is 3.51. The van der Waals surface area contributed by atoms with Gasteiger partial charge >= 0.3 is 0 Å². The lowest BCUT2D eigenvalue weighted by Gasteiger charge is -2.31. The molecular weight excluding hydrogens is 278 g/mol. The summed E-state index contributed by atoms with van der Waals surface area (Å²) in [5.41, 5.74) is 0. The summed E-state index contributed by atoms with van der Waals surface area (Å²) in [6.07, 6.45) is 7.83. The van der Waals surface area contributed by atoms with Gasteiger partial charge in [0.2, 0.25) is 11.8 Å². The average molecular weight is 305 g/mol. The molecule has 1 aliphatic carbocycles. The molecule has 3 rings (SSSR count). The number of nitrogens with zero attached hydrogens (tertiary/aromatic N) is 3. The predicted octanol–water partition coefficient (Wildman–Crippen LogP) is 2.46. The second-order valence-electron chi connectivity index (χ2n) is 6.72. The molecule has 2 fully saturated rings. The Balaban J connectivity index is 1.57. The second-order valence-corrected chi connectivity index (χ2v) is 6.72. The van der Waals surface area contributed by atoms with Crippen molar-refractivity contribution in [2.24, 2.45) is 5.92 Å². The summed E-state index contributed by atoms with van der Waals surface area (Å²) in [4.78, 5) is 20.8. The normalized spacial score (nSPS) is 22.7. The van der Waals surface area contributed by atoms with Crippen molar-refractivity contribution >= 4 is 5.91 Å². The molecule has 1 aliphatic heterocycles. The van der Waals surface area contributed by atoms with Gasteiger partial charge in [-0.25, -0.2) is 4.98 Å². The summed E-state index contributed by atoms with van der Waals surface area (Å²) < 4.78 is 5.67. The fourth-order valence-electron chi connectivity index (χ4n) is 3.50. The minimum atomic E-state index is 0.117. The van der Waals surface area contributed by atoms with Crippen LogP contribution in [-0.4, -0.2) is 46.4 Å². The van der Waals surface area contributed by atoms with Gasteiger partial charge in [0.25, 0.3) is 0 Å². The van der Waals surface area contributed by atoms with Gasteiger partial charge < -0.3 is 14.2 Å². The number of aromatic nitrogens is 1. The van der Waals surface area contributed by atoms with Crippen LogP contribution in [0.15, 0.2) is 10.6 Å². The molecule has 0 unspecified atom stereocenters. The Morgan fingerprint density at radius 3 is 2.86 bits per heavy atom. The number of likely N-dealkylation sites (tertiary alicyclic amines) is 1. The summed E-state index contributed by atoms with van der Waals surface area (Å²) in [5.74, 6) is 2.55. The Morgan fingerprint density at radius 1 is 1.45 bits per heavy atom. The molecular formula is C17H27N3O2. The van der Waals surface area contributed by atoms with E-state index in [1.54, 1.807) is 13.1 Å². The van der Waals surface area contributed by atoms with Crippen molar-refractivity contribution in [1.82, 2.24) is 14.8 Å². The van der Waals surface area contributed by atoms with E-state index >= 15 is 0 Å². The highest BCUT2D eigenvalue weighted by atomic mass is 16.4. The molecule has 1 aromatic rings. The zero-order chi connectivity index (χ0) is 15.5. The Hall–Kier alpha value is -1.36. The van der Waals surface area contributed by atoms with Crippen LogP contribution >= 0.6 is 0 Å². The van der Waals surface area contributed by atoms with Gasteiger partial charge in [-0.1, -0.05) is 13.3 Å². The standard InChI is InChI=1S/C17H27N3O2/c1-3-16-9-18-17(22-16)12-20(13(2)21)15-7-8-19(11-15)10-14-5-4-6-14/h9,14-15H,3-8,10-12H2,1-2H3/t15-/m1/s1. The molecule has 0 bridgehead atoms. The highest BCUT2D eigenvalue weighted by Crippen LogP contribution is 2.29. The fourth-order valence-corrected chi connectivity index (χ4v) is 3.50. The number of hydrogen-bond donors (Lipinski definition) is 0. The number of hydrogen-bond acceptors (Lipinski definition) is 4. The predicted molar refractivity (Wildman–Crippen MR) is 84.3 cm³/mol. The minimum absolute atomic E-state index is 0.117. The fraction of sp³-hybridized carbons (Fsp3) is 0.765. The lowest BCUT2D eigenvalue weighted by Crippen LogP contribution is -2.41. The number of carbonyl (C=O) groups is 1. The summed E-state index contributed by atoms with van der Waals surface area (Å²) in [6, 6.07) is 0.301. The lowest BCUT2D eigenvalue weighted by molar-refractivity contribution is -0.132. The molecule has 1 amide bonds. The van der Waals surface area contributed by atoms with Crippen LogP contribution in [-0.2, 0) is 17.8 Å². The van der Waals surface area contributed by atoms with Gasteiger partial charge in [-0.15, -0.1) is 0 Å². The van der Waals surface area contributed by atoms with Gasteiger partial charge in [-0.3, -0.25) is 4.79 Å². The summed E-state index contributed by atoms with van der Waals surface area (Å²) in [6.45, 7) is 7.51. The maximum Gasteiger partial charge on any atom is 0.220 e. The Bertz CT molecular complexity index is 510. The van der Waals surface area contributed by atoms with Crippen molar-refractivity contribution in [2.45, 2.75) is 58.5 Å². The number of carbonyl (C=O) groups excluding carboxylic acids is 1. The molecule has 5 heteroatoms. The van der Waals surface area contributed by atoms with Crippen LogP contribution in [0.3, 0.4) is 0 Å². The van der Waals surface area contributed by atoms with E-state index in [2.05, 4.69) is 9.88 Å². The molecule has 2 heterocycles. The third-order valence-corrected chi connectivity index (χ3v) is 5.09. The van der Waals surface area contributed by atoms with Gasteiger partial charge in [-0.2, -0.15) is 0 Å². The van der Waals surface area contributed by atoms with Crippen molar-refractivity contribution < 1.29 is 9.21 Å². The third-order valence-electron chi connectivity index (χ3n) is 5.09. The zero-order valence-corrected chi connectivity index (χ0v) is 13.8. The maximum atomic E-state index is 12.0. The molecule has 22 heavy (non-hydrogen) atoms. The molecule has 122 valence electrons. The van der Waals surface area contributed by atoms with E-state index in [-0.39, 0.29) is 5.91 Å². The number of aryl methyl sites for hydroxylation is 1. The first kappa shape index (κ1) is 15.5. The van der Waals surface area contributed by atoms with Crippen LogP contribution in [0, 0.1) is 5.92 Å².